The average Bonchev–Trinajstić information content (AvgIpc) is 1.76. The van der Waals surface area contributed by atoms with Gasteiger partial charge in [0.05, 0.1) is 0 Å². The van der Waals surface area contributed by atoms with E-state index in [1.807, 2.05) is 0 Å². The summed E-state index contributed by atoms with van der Waals surface area (Å²) in [5.41, 5.74) is 0. The van der Waals surface area contributed by atoms with Crippen LogP contribution in [-0.4, -0.2) is 0 Å². The summed E-state index contributed by atoms with van der Waals surface area (Å²) in [7, 11) is 2.89. The summed E-state index contributed by atoms with van der Waals surface area (Å²) in [5, 5.41) is 4.36. The van der Waals surface area contributed by atoms with Crippen molar-refractivity contribution < 1.29 is 0 Å². The maximum absolute atomic E-state index is 2.18. The van der Waals surface area contributed by atoms with E-state index in [0.29, 0.717) is 0 Å². The van der Waals surface area contributed by atoms with Crippen LogP contribution in [0.2, 0.25) is 0 Å². The predicted octanol–water partition coefficient (Wildman–Crippen LogP) is 2.91. The van der Waals surface area contributed by atoms with Crippen LogP contribution in [0.5, 0.6) is 0 Å². The molecule has 0 aromatic carbocycles. The highest BCUT2D eigenvalue weighted by Crippen LogP contribution is 2.22. The van der Waals surface area contributed by atoms with Gasteiger partial charge in [0, 0.05) is 10.2 Å². The molecule has 0 N–H and O–H groups in total. The van der Waals surface area contributed by atoms with Crippen LogP contribution in [0.15, 0.2) is 10.2 Å². The summed E-state index contributed by atoms with van der Waals surface area (Å²) in [6.07, 6.45) is 0. The molecule has 0 radical (unpaired) electrons. The van der Waals surface area contributed by atoms with Gasteiger partial charge in [0.25, 0.3) is 0 Å². The lowest BCUT2D eigenvalue weighted by Gasteiger charge is -1.37. The molecule has 0 atom stereocenters. The van der Waals surface area contributed by atoms with Crippen LogP contribution in [0.3, 0.4) is 0 Å². The fourth-order valence-electron chi connectivity index (χ4n) is 0.136. The maximum Gasteiger partial charge on any atom is 0.0229 e. The van der Waals surface area contributed by atoms with Crippen molar-refractivity contribution in [3.05, 3.63) is 10.2 Å². The Morgan fingerprint density at radius 1 is 1.20 bits per heavy atom. The van der Waals surface area contributed by atoms with Crippen molar-refractivity contribution in [2.45, 2.75) is 0 Å². The SMILES string of the molecule is c1ppcs1. The molecule has 0 nitrogen and oxygen atoms in total. The molecule has 0 fully saturated rings. The second-order valence-electron chi connectivity index (χ2n) is 0.578. The van der Waals surface area contributed by atoms with Gasteiger partial charge in [0.15, 0.2) is 0 Å². The van der Waals surface area contributed by atoms with E-state index in [1.54, 1.807) is 11.3 Å². The first-order valence-electron chi connectivity index (χ1n) is 1.19. The van der Waals surface area contributed by atoms with Gasteiger partial charge in [-0.25, -0.2) is 0 Å². The van der Waals surface area contributed by atoms with Gasteiger partial charge in [-0.1, -0.05) is 0 Å². The first-order chi connectivity index (χ1) is 2.50. The van der Waals surface area contributed by atoms with Crippen LogP contribution in [0.1, 0.15) is 0 Å². The highest BCUT2D eigenvalue weighted by molar-refractivity contribution is 7.93. The Labute approximate surface area is 38.0 Å². The maximum atomic E-state index is 2.18. The lowest BCUT2D eigenvalue weighted by Crippen LogP contribution is -0.945. The van der Waals surface area contributed by atoms with Crippen LogP contribution >= 0.6 is 27.1 Å². The quantitative estimate of drug-likeness (QED) is 0.493. The molecule has 0 aliphatic carbocycles. The Kier molecular flexibility index (Phi) is 1.40. The second-order valence-corrected chi connectivity index (χ2v) is 4.38. The lowest BCUT2D eigenvalue weighted by molar-refractivity contribution is 2.87. The zero-order valence-electron chi connectivity index (χ0n) is 2.46. The third-order valence-electron chi connectivity index (χ3n) is 0.283. The molecule has 0 bridgehead atoms. The number of rotatable bonds is 0. The number of hydrogen-bond acceptors (Lipinski definition) is 1. The molecule has 0 saturated carbocycles. The van der Waals surface area contributed by atoms with Crippen LogP contribution < -0.4 is 0 Å². The zero-order chi connectivity index (χ0) is 3.54. The third-order valence-corrected chi connectivity index (χ3v) is 4.24. The normalized spacial score (nSPS) is 11.2. The molecule has 0 unspecified atom stereocenters. The molecule has 3 heteroatoms. The smallest absolute Gasteiger partial charge is 0.0229 e. The van der Waals surface area contributed by atoms with E-state index in [1.165, 1.54) is 15.7 Å². The Hall–Kier alpha value is 0.560. The largest absolute Gasteiger partial charge is 0.142 e. The number of hydrogen-bond donors (Lipinski definition) is 0. The highest BCUT2D eigenvalue weighted by atomic mass is 32.1. The molecule has 1 aromatic rings. The van der Waals surface area contributed by atoms with E-state index in [9.17, 15) is 0 Å². The molecule has 0 aliphatic heterocycles. The third kappa shape index (κ3) is 0.967. The molecule has 0 amide bonds. The van der Waals surface area contributed by atoms with Crippen LogP contribution in [-0.2, 0) is 0 Å². The van der Waals surface area contributed by atoms with Gasteiger partial charge in [-0.3, -0.25) is 0 Å². The van der Waals surface area contributed by atoms with E-state index in [-0.39, 0.29) is 0 Å². The summed E-state index contributed by atoms with van der Waals surface area (Å²) < 4.78 is 0. The fraction of sp³-hybridized carbons (Fsp3) is 0. The standard InChI is InChI=1S/C2H2P2S/c1-3-4-2-5-1/h1-2H. The van der Waals surface area contributed by atoms with E-state index >= 15 is 0 Å². The van der Waals surface area contributed by atoms with E-state index in [0.717, 1.165) is 0 Å². The van der Waals surface area contributed by atoms with Gasteiger partial charge in [0.2, 0.25) is 0 Å². The Morgan fingerprint density at radius 3 is 2.00 bits per heavy atom. The van der Waals surface area contributed by atoms with Crippen molar-refractivity contribution >= 4 is 27.1 Å². The average molecular weight is 120 g/mol. The summed E-state index contributed by atoms with van der Waals surface area (Å²) >= 11 is 1.80. The van der Waals surface area contributed by atoms with Crippen LogP contribution in [0.25, 0.3) is 0 Å². The molecule has 1 rings (SSSR count). The topological polar surface area (TPSA) is 0 Å². The minimum absolute atomic E-state index is 1.45. The molecular formula is C2H2P2S. The molecule has 1 aromatic heterocycles. The minimum atomic E-state index is 1.45. The molecule has 1 heterocycles. The van der Waals surface area contributed by atoms with Crippen molar-refractivity contribution in [2.24, 2.45) is 0 Å². The lowest BCUT2D eigenvalue weighted by atomic mass is 11.9. The molecule has 0 saturated heterocycles. The summed E-state index contributed by atoms with van der Waals surface area (Å²) in [6, 6.07) is 0. The van der Waals surface area contributed by atoms with Crippen molar-refractivity contribution in [3.8, 4) is 0 Å². The molecule has 5 heavy (non-hydrogen) atoms. The molecule has 0 spiro atoms. The van der Waals surface area contributed by atoms with Gasteiger partial charge in [-0.2, -0.15) is 0 Å². The highest BCUT2D eigenvalue weighted by Gasteiger charge is 1.60. The van der Waals surface area contributed by atoms with Crippen molar-refractivity contribution in [1.29, 1.82) is 0 Å². The second kappa shape index (κ2) is 1.87. The van der Waals surface area contributed by atoms with Gasteiger partial charge >= 0.3 is 0 Å². The predicted molar refractivity (Wildman–Crippen MR) is 29.3 cm³/mol. The van der Waals surface area contributed by atoms with Crippen molar-refractivity contribution in [3.63, 3.8) is 0 Å². The van der Waals surface area contributed by atoms with Crippen molar-refractivity contribution in [1.82, 2.24) is 0 Å². The van der Waals surface area contributed by atoms with Gasteiger partial charge in [-0.05, 0) is 15.7 Å². The molecule has 26 valence electrons. The fourth-order valence-corrected chi connectivity index (χ4v) is 3.67. The summed E-state index contributed by atoms with van der Waals surface area (Å²) in [4.78, 5) is 0. The summed E-state index contributed by atoms with van der Waals surface area (Å²) in [6.45, 7) is 0. The van der Waals surface area contributed by atoms with E-state index in [2.05, 4.69) is 10.2 Å². The van der Waals surface area contributed by atoms with Crippen LogP contribution in [0.4, 0.5) is 0 Å². The molecule has 0 aliphatic rings. The van der Waals surface area contributed by atoms with Crippen LogP contribution in [0, 0.1) is 0 Å². The monoisotopic (exact) mass is 120 g/mol. The summed E-state index contributed by atoms with van der Waals surface area (Å²) in [5.74, 6) is 0. The first-order valence-corrected chi connectivity index (χ1v) is 4.76. The molecular weight excluding hydrogens is 118 g/mol. The Balaban J connectivity index is 3.13. The first kappa shape index (κ1) is 3.74. The van der Waals surface area contributed by atoms with Gasteiger partial charge in [-0.15, -0.1) is 11.3 Å². The minimum Gasteiger partial charge on any atom is -0.142 e. The Bertz CT molecular complexity index is 64.1. The van der Waals surface area contributed by atoms with Gasteiger partial charge in [0.1, 0.15) is 0 Å². The van der Waals surface area contributed by atoms with Gasteiger partial charge < -0.3 is 0 Å². The Morgan fingerprint density at radius 2 is 1.80 bits per heavy atom. The zero-order valence-corrected chi connectivity index (χ0v) is 5.06. The van der Waals surface area contributed by atoms with Crippen molar-refractivity contribution in [2.75, 3.05) is 0 Å². The van der Waals surface area contributed by atoms with E-state index < -0.39 is 0 Å². The van der Waals surface area contributed by atoms with E-state index in [4.69, 9.17) is 0 Å².